The molecule has 0 aliphatic carbocycles. The van der Waals surface area contributed by atoms with Crippen LogP contribution in [0.1, 0.15) is 20.3 Å². The van der Waals surface area contributed by atoms with E-state index in [-0.39, 0.29) is 5.75 Å². The van der Waals surface area contributed by atoms with Gasteiger partial charge in [-0.1, -0.05) is 13.8 Å². The molecule has 1 saturated heterocycles. The van der Waals surface area contributed by atoms with Crippen molar-refractivity contribution in [3.05, 3.63) is 0 Å². The Morgan fingerprint density at radius 2 is 1.88 bits per heavy atom. The normalized spacial score (nSPS) is 18.8. The molecule has 0 atom stereocenters. The SMILES string of the molecule is CCCN(CC)S(=O)(=O)CCN1CCNCC1. The van der Waals surface area contributed by atoms with Crippen LogP contribution in [0.2, 0.25) is 0 Å². The van der Waals surface area contributed by atoms with Crippen molar-refractivity contribution in [2.75, 3.05) is 51.6 Å². The summed E-state index contributed by atoms with van der Waals surface area (Å²) >= 11 is 0. The molecular weight excluding hydrogens is 238 g/mol. The summed E-state index contributed by atoms with van der Waals surface area (Å²) in [5.41, 5.74) is 0. The number of nitrogens with zero attached hydrogens (tertiary/aromatic N) is 2. The van der Waals surface area contributed by atoms with Gasteiger partial charge >= 0.3 is 0 Å². The van der Waals surface area contributed by atoms with E-state index in [4.69, 9.17) is 0 Å². The third kappa shape index (κ3) is 4.91. The van der Waals surface area contributed by atoms with Crippen LogP contribution < -0.4 is 5.32 Å². The molecule has 0 aromatic rings. The fourth-order valence-corrected chi connectivity index (χ4v) is 3.65. The first-order valence-corrected chi connectivity index (χ1v) is 8.12. The van der Waals surface area contributed by atoms with E-state index in [1.54, 1.807) is 4.31 Å². The van der Waals surface area contributed by atoms with Crippen molar-refractivity contribution < 1.29 is 8.42 Å². The highest BCUT2D eigenvalue weighted by Gasteiger charge is 2.21. The van der Waals surface area contributed by atoms with Crippen molar-refractivity contribution >= 4 is 10.0 Å². The van der Waals surface area contributed by atoms with Crippen LogP contribution in [-0.4, -0.2) is 69.2 Å². The fourth-order valence-electron chi connectivity index (χ4n) is 2.05. The largest absolute Gasteiger partial charge is 0.314 e. The van der Waals surface area contributed by atoms with E-state index in [1.165, 1.54) is 0 Å². The molecule has 0 radical (unpaired) electrons. The second-order valence-corrected chi connectivity index (χ2v) is 6.49. The van der Waals surface area contributed by atoms with Crippen molar-refractivity contribution in [1.29, 1.82) is 0 Å². The number of nitrogens with one attached hydrogen (secondary N) is 1. The van der Waals surface area contributed by atoms with Crippen molar-refractivity contribution in [1.82, 2.24) is 14.5 Å². The Kier molecular flexibility index (Phi) is 6.40. The van der Waals surface area contributed by atoms with E-state index >= 15 is 0 Å². The average Bonchev–Trinajstić information content (AvgIpc) is 2.34. The lowest BCUT2D eigenvalue weighted by molar-refractivity contribution is 0.252. The molecule has 1 aliphatic heterocycles. The van der Waals surface area contributed by atoms with Crippen LogP contribution in [0.4, 0.5) is 0 Å². The van der Waals surface area contributed by atoms with Gasteiger partial charge in [0, 0.05) is 45.8 Å². The number of piperazine rings is 1. The summed E-state index contributed by atoms with van der Waals surface area (Å²) in [5.74, 6) is 0.251. The Balaban J connectivity index is 2.41. The summed E-state index contributed by atoms with van der Waals surface area (Å²) in [6.45, 7) is 9.62. The van der Waals surface area contributed by atoms with Crippen LogP contribution in [0.15, 0.2) is 0 Å². The molecule has 0 unspecified atom stereocenters. The summed E-state index contributed by atoms with van der Waals surface area (Å²) in [6, 6.07) is 0. The van der Waals surface area contributed by atoms with Crippen molar-refractivity contribution in [3.63, 3.8) is 0 Å². The first kappa shape index (κ1) is 14.9. The zero-order valence-electron chi connectivity index (χ0n) is 11.0. The number of rotatable bonds is 7. The summed E-state index contributed by atoms with van der Waals surface area (Å²) in [4.78, 5) is 2.22. The van der Waals surface area contributed by atoms with Gasteiger partial charge < -0.3 is 5.32 Å². The molecule has 1 fully saturated rings. The molecular formula is C11H25N3O2S. The molecule has 1 aliphatic rings. The van der Waals surface area contributed by atoms with Gasteiger partial charge in [0.15, 0.2) is 0 Å². The molecule has 0 aromatic carbocycles. The quantitative estimate of drug-likeness (QED) is 0.700. The number of hydrogen-bond acceptors (Lipinski definition) is 4. The molecule has 0 saturated carbocycles. The lowest BCUT2D eigenvalue weighted by Crippen LogP contribution is -2.46. The second-order valence-electron chi connectivity index (χ2n) is 4.40. The van der Waals surface area contributed by atoms with Crippen LogP contribution in [0.3, 0.4) is 0 Å². The van der Waals surface area contributed by atoms with Gasteiger partial charge in [-0.05, 0) is 6.42 Å². The minimum absolute atomic E-state index is 0.251. The Labute approximate surface area is 105 Å². The van der Waals surface area contributed by atoms with E-state index in [2.05, 4.69) is 10.2 Å². The lowest BCUT2D eigenvalue weighted by Gasteiger charge is -2.28. The zero-order chi connectivity index (χ0) is 12.7. The highest BCUT2D eigenvalue weighted by atomic mass is 32.2. The van der Waals surface area contributed by atoms with Crippen LogP contribution in [0, 0.1) is 0 Å². The first-order chi connectivity index (χ1) is 8.10. The second kappa shape index (κ2) is 7.31. The molecule has 0 aromatic heterocycles. The Hall–Kier alpha value is -0.170. The maximum atomic E-state index is 12.1. The van der Waals surface area contributed by atoms with Crippen LogP contribution in [0.5, 0.6) is 0 Å². The van der Waals surface area contributed by atoms with Gasteiger partial charge in [-0.15, -0.1) is 0 Å². The van der Waals surface area contributed by atoms with Crippen LogP contribution in [0.25, 0.3) is 0 Å². The van der Waals surface area contributed by atoms with E-state index in [1.807, 2.05) is 13.8 Å². The van der Waals surface area contributed by atoms with E-state index in [0.717, 1.165) is 32.6 Å². The third-order valence-corrected chi connectivity index (χ3v) is 5.02. The van der Waals surface area contributed by atoms with Gasteiger partial charge in [0.1, 0.15) is 0 Å². The molecule has 1 rings (SSSR count). The van der Waals surface area contributed by atoms with E-state index in [0.29, 0.717) is 19.6 Å². The van der Waals surface area contributed by atoms with Gasteiger partial charge in [-0.25, -0.2) is 12.7 Å². The highest BCUT2D eigenvalue weighted by molar-refractivity contribution is 7.89. The summed E-state index contributed by atoms with van der Waals surface area (Å²) in [6.07, 6.45) is 0.876. The fraction of sp³-hybridized carbons (Fsp3) is 1.00. The van der Waals surface area contributed by atoms with Gasteiger partial charge in [0.2, 0.25) is 10.0 Å². The minimum Gasteiger partial charge on any atom is -0.314 e. The lowest BCUT2D eigenvalue weighted by atomic mass is 10.4. The smallest absolute Gasteiger partial charge is 0.215 e. The molecule has 102 valence electrons. The standard InChI is InChI=1S/C11H25N3O2S/c1-3-7-14(4-2)17(15,16)11-10-13-8-5-12-6-9-13/h12H,3-11H2,1-2H3. The van der Waals surface area contributed by atoms with Gasteiger partial charge in [0.05, 0.1) is 5.75 Å². The van der Waals surface area contributed by atoms with Crippen LogP contribution >= 0.6 is 0 Å². The predicted molar refractivity (Wildman–Crippen MR) is 70.6 cm³/mol. The maximum absolute atomic E-state index is 12.1. The predicted octanol–water partition coefficient (Wildman–Crippen LogP) is -0.0467. The van der Waals surface area contributed by atoms with Gasteiger partial charge in [-0.2, -0.15) is 0 Å². The molecule has 1 heterocycles. The summed E-state index contributed by atoms with van der Waals surface area (Å²) in [7, 11) is -3.06. The number of sulfonamides is 1. The van der Waals surface area contributed by atoms with Gasteiger partial charge in [-0.3, -0.25) is 4.90 Å². The summed E-state index contributed by atoms with van der Waals surface area (Å²) in [5, 5.41) is 3.26. The monoisotopic (exact) mass is 263 g/mol. The molecule has 5 nitrogen and oxygen atoms in total. The van der Waals surface area contributed by atoms with Crippen LogP contribution in [-0.2, 0) is 10.0 Å². The Bertz CT molecular complexity index is 300. The third-order valence-electron chi connectivity index (χ3n) is 3.09. The molecule has 0 amide bonds. The zero-order valence-corrected chi connectivity index (χ0v) is 11.8. The summed E-state index contributed by atoms with van der Waals surface area (Å²) < 4.78 is 25.7. The maximum Gasteiger partial charge on any atom is 0.215 e. The molecule has 0 spiro atoms. The van der Waals surface area contributed by atoms with Crippen molar-refractivity contribution in [3.8, 4) is 0 Å². The highest BCUT2D eigenvalue weighted by Crippen LogP contribution is 2.04. The van der Waals surface area contributed by atoms with Crippen molar-refractivity contribution in [2.45, 2.75) is 20.3 Å². The van der Waals surface area contributed by atoms with Gasteiger partial charge in [0.25, 0.3) is 0 Å². The topological polar surface area (TPSA) is 52.7 Å². The molecule has 17 heavy (non-hydrogen) atoms. The van der Waals surface area contributed by atoms with E-state index < -0.39 is 10.0 Å². The molecule has 6 heteroatoms. The molecule has 0 bridgehead atoms. The Morgan fingerprint density at radius 1 is 1.24 bits per heavy atom. The number of hydrogen-bond donors (Lipinski definition) is 1. The van der Waals surface area contributed by atoms with E-state index in [9.17, 15) is 8.42 Å². The minimum atomic E-state index is -3.06. The average molecular weight is 263 g/mol. The first-order valence-electron chi connectivity index (χ1n) is 6.51. The van der Waals surface area contributed by atoms with Crippen molar-refractivity contribution in [2.24, 2.45) is 0 Å². The Morgan fingerprint density at radius 3 is 2.41 bits per heavy atom. The molecule has 1 N–H and O–H groups in total.